The van der Waals surface area contributed by atoms with E-state index in [1.165, 1.54) is 0 Å². The van der Waals surface area contributed by atoms with Gasteiger partial charge in [0.15, 0.2) is 0 Å². The highest BCUT2D eigenvalue weighted by Gasteiger charge is 2.16. The average molecular weight is 281 g/mol. The van der Waals surface area contributed by atoms with Gasteiger partial charge in [0.05, 0.1) is 18.6 Å². The number of aliphatic hydroxyl groups is 1. The van der Waals surface area contributed by atoms with Crippen LogP contribution in [0.1, 0.15) is 17.9 Å². The van der Waals surface area contributed by atoms with Crippen molar-refractivity contribution < 1.29 is 15.1 Å². The molecular formula is C14H23N3O3. The predicted octanol–water partition coefficient (Wildman–Crippen LogP) is 0.504. The predicted molar refractivity (Wildman–Crippen MR) is 78.0 cm³/mol. The van der Waals surface area contributed by atoms with Crippen LogP contribution in [0.25, 0.3) is 0 Å². The summed E-state index contributed by atoms with van der Waals surface area (Å²) in [6, 6.07) is 9.61. The Bertz CT molecular complexity index is 398. The van der Waals surface area contributed by atoms with Crippen LogP contribution < -0.4 is 11.1 Å². The van der Waals surface area contributed by atoms with Crippen molar-refractivity contribution in [1.29, 1.82) is 0 Å². The first kappa shape index (κ1) is 16.4. The number of amidine groups is 1. The number of nitrogens with zero attached hydrogens (tertiary/aromatic N) is 1. The topological polar surface area (TPSA) is 100 Å². The van der Waals surface area contributed by atoms with Gasteiger partial charge in [-0.1, -0.05) is 35.5 Å². The summed E-state index contributed by atoms with van der Waals surface area (Å²) in [5.74, 6) is -0.0260. The number of ether oxygens (including phenoxy) is 1. The van der Waals surface area contributed by atoms with Crippen LogP contribution >= 0.6 is 0 Å². The molecular weight excluding hydrogens is 258 g/mol. The normalized spacial score (nSPS) is 15.0. The number of hydrogen-bond acceptors (Lipinski definition) is 5. The smallest absolute Gasteiger partial charge is 0.147 e. The van der Waals surface area contributed by atoms with Gasteiger partial charge < -0.3 is 26.1 Å². The fourth-order valence-corrected chi connectivity index (χ4v) is 1.94. The molecule has 0 aliphatic heterocycles. The van der Waals surface area contributed by atoms with E-state index in [0.29, 0.717) is 26.1 Å². The molecule has 0 aliphatic rings. The number of nitrogens with two attached hydrogens (primary N) is 1. The zero-order valence-corrected chi connectivity index (χ0v) is 11.7. The van der Waals surface area contributed by atoms with Gasteiger partial charge >= 0.3 is 0 Å². The van der Waals surface area contributed by atoms with E-state index in [1.807, 2.05) is 30.3 Å². The molecule has 0 saturated heterocycles. The monoisotopic (exact) mass is 281 g/mol. The number of hydrogen-bond donors (Lipinski definition) is 4. The van der Waals surface area contributed by atoms with E-state index in [2.05, 4.69) is 10.5 Å². The first-order valence-electron chi connectivity index (χ1n) is 6.59. The summed E-state index contributed by atoms with van der Waals surface area (Å²) in [5.41, 5.74) is 6.71. The maximum atomic E-state index is 9.53. The Hall–Kier alpha value is -1.63. The Morgan fingerprint density at radius 3 is 2.70 bits per heavy atom. The molecule has 0 aromatic heterocycles. The molecule has 0 aliphatic carbocycles. The molecule has 6 nitrogen and oxygen atoms in total. The molecule has 2 unspecified atom stereocenters. The Balaban J connectivity index is 2.47. The van der Waals surface area contributed by atoms with Gasteiger partial charge in [0, 0.05) is 13.7 Å². The quantitative estimate of drug-likeness (QED) is 0.174. The average Bonchev–Trinajstić information content (AvgIpc) is 2.48. The van der Waals surface area contributed by atoms with E-state index < -0.39 is 6.10 Å². The van der Waals surface area contributed by atoms with Crippen LogP contribution in [0.5, 0.6) is 0 Å². The van der Waals surface area contributed by atoms with E-state index in [1.54, 1.807) is 7.11 Å². The lowest BCUT2D eigenvalue weighted by Gasteiger charge is -2.17. The summed E-state index contributed by atoms with van der Waals surface area (Å²) in [5, 5.41) is 24.7. The molecule has 6 heteroatoms. The van der Waals surface area contributed by atoms with Gasteiger partial charge in [0.1, 0.15) is 5.84 Å². The minimum atomic E-state index is -0.480. The zero-order valence-electron chi connectivity index (χ0n) is 11.7. The maximum Gasteiger partial charge on any atom is 0.147 e. The molecule has 0 bridgehead atoms. The first-order chi connectivity index (χ1) is 9.69. The highest BCUT2D eigenvalue weighted by atomic mass is 16.5. The largest absolute Gasteiger partial charge is 0.409 e. The fourth-order valence-electron chi connectivity index (χ4n) is 1.94. The second-order valence-electron chi connectivity index (χ2n) is 4.59. The van der Waals surface area contributed by atoms with Crippen LogP contribution in [0.2, 0.25) is 0 Å². The third-order valence-corrected chi connectivity index (χ3v) is 3.04. The van der Waals surface area contributed by atoms with E-state index in [9.17, 15) is 5.11 Å². The SMILES string of the molecule is COCC(O)CCNCC(/C(N)=N/O)c1ccccc1. The third kappa shape index (κ3) is 5.56. The van der Waals surface area contributed by atoms with E-state index >= 15 is 0 Å². The number of aliphatic hydroxyl groups excluding tert-OH is 1. The summed E-state index contributed by atoms with van der Waals surface area (Å²) in [7, 11) is 1.56. The Kier molecular flexibility index (Phi) is 7.64. The summed E-state index contributed by atoms with van der Waals surface area (Å²) in [6.07, 6.45) is 0.109. The Morgan fingerprint density at radius 1 is 1.40 bits per heavy atom. The van der Waals surface area contributed by atoms with Gasteiger partial charge in [-0.25, -0.2) is 0 Å². The molecule has 112 valence electrons. The first-order valence-corrected chi connectivity index (χ1v) is 6.59. The molecule has 0 fully saturated rings. The van der Waals surface area contributed by atoms with Gasteiger partial charge in [-0.2, -0.15) is 0 Å². The molecule has 5 N–H and O–H groups in total. The van der Waals surface area contributed by atoms with E-state index in [-0.39, 0.29) is 11.8 Å². The molecule has 0 heterocycles. The number of methoxy groups -OCH3 is 1. The summed E-state index contributed by atoms with van der Waals surface area (Å²) < 4.78 is 4.86. The van der Waals surface area contributed by atoms with Gasteiger partial charge in [-0.15, -0.1) is 0 Å². The highest BCUT2D eigenvalue weighted by Crippen LogP contribution is 2.14. The van der Waals surface area contributed by atoms with Crippen LogP contribution in [0.3, 0.4) is 0 Å². The van der Waals surface area contributed by atoms with Crippen LogP contribution in [0, 0.1) is 0 Å². The lowest BCUT2D eigenvalue weighted by atomic mass is 9.98. The van der Waals surface area contributed by atoms with Crippen molar-refractivity contribution >= 4 is 5.84 Å². The number of benzene rings is 1. The second kappa shape index (κ2) is 9.30. The number of rotatable bonds is 9. The van der Waals surface area contributed by atoms with Gasteiger partial charge in [0.2, 0.25) is 0 Å². The lowest BCUT2D eigenvalue weighted by Crippen LogP contribution is -2.33. The molecule has 20 heavy (non-hydrogen) atoms. The molecule has 1 aromatic rings. The van der Waals surface area contributed by atoms with Crippen molar-refractivity contribution in [3.63, 3.8) is 0 Å². The standard InChI is InChI=1S/C14H23N3O3/c1-20-10-12(18)7-8-16-9-13(14(15)17-19)11-5-3-2-4-6-11/h2-6,12-13,16,18-19H,7-10H2,1H3,(H2,15,17). The molecule has 0 saturated carbocycles. The third-order valence-electron chi connectivity index (χ3n) is 3.04. The van der Waals surface area contributed by atoms with Crippen LogP contribution in [-0.4, -0.2) is 49.1 Å². The van der Waals surface area contributed by atoms with Crippen LogP contribution in [0.15, 0.2) is 35.5 Å². The number of oxime groups is 1. The molecule has 2 atom stereocenters. The van der Waals surface area contributed by atoms with Crippen molar-refractivity contribution in [2.24, 2.45) is 10.9 Å². The van der Waals surface area contributed by atoms with Crippen LogP contribution in [0.4, 0.5) is 0 Å². The van der Waals surface area contributed by atoms with E-state index in [4.69, 9.17) is 15.7 Å². The molecule has 0 radical (unpaired) electrons. The second-order valence-corrected chi connectivity index (χ2v) is 4.59. The van der Waals surface area contributed by atoms with Crippen molar-refractivity contribution in [3.8, 4) is 0 Å². The minimum absolute atomic E-state index is 0.168. The Labute approximate surface area is 119 Å². The van der Waals surface area contributed by atoms with Gasteiger partial charge in [-0.3, -0.25) is 0 Å². The molecule has 0 amide bonds. The van der Waals surface area contributed by atoms with Crippen molar-refractivity contribution in [2.45, 2.75) is 18.4 Å². The zero-order chi connectivity index (χ0) is 14.8. The molecule has 1 aromatic carbocycles. The van der Waals surface area contributed by atoms with Crippen molar-refractivity contribution in [3.05, 3.63) is 35.9 Å². The van der Waals surface area contributed by atoms with Gasteiger partial charge in [-0.05, 0) is 18.5 Å². The highest BCUT2D eigenvalue weighted by molar-refractivity contribution is 5.87. The molecule has 0 spiro atoms. The number of nitrogens with one attached hydrogen (secondary N) is 1. The summed E-state index contributed by atoms with van der Waals surface area (Å²) in [4.78, 5) is 0. The molecule has 1 rings (SSSR count). The summed E-state index contributed by atoms with van der Waals surface area (Å²) >= 11 is 0. The van der Waals surface area contributed by atoms with Gasteiger partial charge in [0.25, 0.3) is 0 Å². The Morgan fingerprint density at radius 2 is 2.10 bits per heavy atom. The van der Waals surface area contributed by atoms with E-state index in [0.717, 1.165) is 5.56 Å². The fraction of sp³-hybridized carbons (Fsp3) is 0.500. The van der Waals surface area contributed by atoms with Crippen molar-refractivity contribution in [2.75, 3.05) is 26.8 Å². The summed E-state index contributed by atoms with van der Waals surface area (Å²) in [6.45, 7) is 1.50. The minimum Gasteiger partial charge on any atom is -0.409 e. The lowest BCUT2D eigenvalue weighted by molar-refractivity contribution is 0.0595. The van der Waals surface area contributed by atoms with Crippen LogP contribution in [-0.2, 0) is 4.74 Å². The maximum absolute atomic E-state index is 9.53. The van der Waals surface area contributed by atoms with Crippen molar-refractivity contribution in [1.82, 2.24) is 5.32 Å².